The molecule has 16 heavy (non-hydrogen) atoms. The largest absolute Gasteiger partial charge is 0.494 e. The molecule has 2 aliphatic carbocycles. The van der Waals surface area contributed by atoms with Crippen molar-refractivity contribution in [3.8, 4) is 0 Å². The molecule has 0 heterocycles. The van der Waals surface area contributed by atoms with Gasteiger partial charge in [0.2, 0.25) is 0 Å². The molecule has 0 unspecified atom stereocenters. The molecular formula is C15H22O. The first kappa shape index (κ1) is 11.5. The van der Waals surface area contributed by atoms with Crippen LogP contribution in [-0.2, 0) is 4.74 Å². The fourth-order valence-corrected chi connectivity index (χ4v) is 2.60. The number of rotatable bonds is 5. The van der Waals surface area contributed by atoms with Crippen LogP contribution in [0.2, 0.25) is 0 Å². The van der Waals surface area contributed by atoms with Crippen molar-refractivity contribution in [3.05, 3.63) is 29.7 Å². The Morgan fingerprint density at radius 2 is 2.19 bits per heavy atom. The van der Waals surface area contributed by atoms with Gasteiger partial charge in [-0.25, -0.2) is 0 Å². The fourth-order valence-electron chi connectivity index (χ4n) is 2.60. The molecule has 0 N–H and O–H groups in total. The topological polar surface area (TPSA) is 9.23 Å². The lowest BCUT2D eigenvalue weighted by molar-refractivity contribution is 0.214. The Morgan fingerprint density at radius 3 is 2.88 bits per heavy atom. The number of allylic oxidation sites excluding steroid dienone is 1. The predicted octanol–water partition coefficient (Wildman–Crippen LogP) is 4.36. The number of hydrogen-bond acceptors (Lipinski definition) is 1. The van der Waals surface area contributed by atoms with Crippen LogP contribution < -0.4 is 0 Å². The van der Waals surface area contributed by atoms with Gasteiger partial charge in [-0.05, 0) is 31.3 Å². The van der Waals surface area contributed by atoms with Gasteiger partial charge in [-0.3, -0.25) is 0 Å². The van der Waals surface area contributed by atoms with Gasteiger partial charge in [0.25, 0.3) is 0 Å². The van der Waals surface area contributed by atoms with Gasteiger partial charge in [0.15, 0.2) is 0 Å². The van der Waals surface area contributed by atoms with Gasteiger partial charge in [0.05, 0.1) is 5.76 Å². The highest BCUT2D eigenvalue weighted by atomic mass is 16.5. The highest BCUT2D eigenvalue weighted by molar-refractivity contribution is 5.07. The van der Waals surface area contributed by atoms with Crippen molar-refractivity contribution in [2.75, 3.05) is 6.61 Å². The van der Waals surface area contributed by atoms with Gasteiger partial charge < -0.3 is 4.74 Å². The average molecular weight is 218 g/mol. The molecule has 0 bridgehead atoms. The molecule has 1 fully saturated rings. The van der Waals surface area contributed by atoms with Crippen LogP contribution in [0.3, 0.4) is 0 Å². The summed E-state index contributed by atoms with van der Waals surface area (Å²) in [4.78, 5) is 0. The molecule has 1 nitrogen and oxygen atoms in total. The molecule has 1 saturated carbocycles. The maximum atomic E-state index is 5.73. The third-order valence-corrected chi connectivity index (χ3v) is 3.57. The molecule has 0 saturated heterocycles. The molecule has 88 valence electrons. The van der Waals surface area contributed by atoms with Gasteiger partial charge in [-0.2, -0.15) is 0 Å². The zero-order valence-corrected chi connectivity index (χ0v) is 10.1. The lowest BCUT2D eigenvalue weighted by atomic mass is 10.0. The van der Waals surface area contributed by atoms with Crippen LogP contribution in [0.1, 0.15) is 51.4 Å². The molecule has 2 aliphatic rings. The summed E-state index contributed by atoms with van der Waals surface area (Å²) in [7, 11) is 0. The van der Waals surface area contributed by atoms with E-state index in [-0.39, 0.29) is 0 Å². The zero-order valence-electron chi connectivity index (χ0n) is 10.1. The molecule has 2 rings (SSSR count). The van der Waals surface area contributed by atoms with Gasteiger partial charge in [0.1, 0.15) is 6.61 Å². The smallest absolute Gasteiger partial charge is 0.116 e. The first-order valence-electron chi connectivity index (χ1n) is 6.58. The lowest BCUT2D eigenvalue weighted by Gasteiger charge is -2.14. The van der Waals surface area contributed by atoms with E-state index in [0.717, 1.165) is 24.5 Å². The van der Waals surface area contributed by atoms with Gasteiger partial charge >= 0.3 is 0 Å². The third kappa shape index (κ3) is 3.57. The van der Waals surface area contributed by atoms with E-state index in [2.05, 4.69) is 18.4 Å². The molecule has 1 heteroatoms. The first-order chi connectivity index (χ1) is 7.84. The van der Waals surface area contributed by atoms with Crippen molar-refractivity contribution in [2.45, 2.75) is 51.4 Å². The summed E-state index contributed by atoms with van der Waals surface area (Å²) in [6.45, 7) is 4.74. The molecule has 0 aromatic rings. The highest BCUT2D eigenvalue weighted by Gasteiger charge is 2.16. The zero-order chi connectivity index (χ0) is 11.2. The van der Waals surface area contributed by atoms with Crippen LogP contribution in [-0.4, -0.2) is 6.61 Å². The lowest BCUT2D eigenvalue weighted by Crippen LogP contribution is -2.03. The summed E-state index contributed by atoms with van der Waals surface area (Å²) in [6.07, 6.45) is 12.3. The summed E-state index contributed by atoms with van der Waals surface area (Å²) >= 11 is 0. The van der Waals surface area contributed by atoms with Crippen molar-refractivity contribution in [1.29, 1.82) is 0 Å². The van der Waals surface area contributed by atoms with Crippen LogP contribution >= 0.6 is 0 Å². The maximum Gasteiger partial charge on any atom is 0.116 e. The Labute approximate surface area is 98.9 Å². The van der Waals surface area contributed by atoms with Crippen molar-refractivity contribution < 1.29 is 4.74 Å². The quantitative estimate of drug-likeness (QED) is 0.492. The highest BCUT2D eigenvalue weighted by Crippen LogP contribution is 2.30. The van der Waals surface area contributed by atoms with E-state index in [4.69, 9.17) is 4.74 Å². The van der Waals surface area contributed by atoms with Crippen molar-refractivity contribution >= 4 is 0 Å². The Bertz CT molecular complexity index is 301. The van der Waals surface area contributed by atoms with E-state index in [9.17, 15) is 0 Å². The molecule has 0 radical (unpaired) electrons. The van der Waals surface area contributed by atoms with E-state index in [1.807, 2.05) is 0 Å². The van der Waals surface area contributed by atoms with Gasteiger partial charge in [0, 0.05) is 12.0 Å². The monoisotopic (exact) mass is 218 g/mol. The minimum atomic E-state index is 0.710. The van der Waals surface area contributed by atoms with Gasteiger partial charge in [-0.1, -0.05) is 32.3 Å². The SMILES string of the molecule is C=C(CC1CCCC1)OCC1=C=CCCC1. The molecule has 0 aromatic heterocycles. The molecule has 0 atom stereocenters. The molecule has 0 amide bonds. The molecular weight excluding hydrogens is 196 g/mol. The first-order valence-corrected chi connectivity index (χ1v) is 6.58. The van der Waals surface area contributed by atoms with E-state index in [1.165, 1.54) is 44.1 Å². The van der Waals surface area contributed by atoms with Crippen LogP contribution in [0.15, 0.2) is 29.7 Å². The van der Waals surface area contributed by atoms with Crippen molar-refractivity contribution in [2.24, 2.45) is 5.92 Å². The minimum Gasteiger partial charge on any atom is -0.494 e. The van der Waals surface area contributed by atoms with Crippen molar-refractivity contribution in [3.63, 3.8) is 0 Å². The Kier molecular flexibility index (Phi) is 4.30. The van der Waals surface area contributed by atoms with Crippen LogP contribution in [0, 0.1) is 5.92 Å². The fraction of sp³-hybridized carbons (Fsp3) is 0.667. The van der Waals surface area contributed by atoms with Crippen molar-refractivity contribution in [1.82, 2.24) is 0 Å². The van der Waals surface area contributed by atoms with Crippen LogP contribution in [0.25, 0.3) is 0 Å². The molecule has 0 aliphatic heterocycles. The summed E-state index contributed by atoms with van der Waals surface area (Å²) in [5, 5.41) is 0. The minimum absolute atomic E-state index is 0.710. The van der Waals surface area contributed by atoms with E-state index >= 15 is 0 Å². The second kappa shape index (κ2) is 5.96. The summed E-state index contributed by atoms with van der Waals surface area (Å²) in [5.74, 6) is 1.81. The predicted molar refractivity (Wildman–Crippen MR) is 67.1 cm³/mol. The second-order valence-corrected chi connectivity index (χ2v) is 5.03. The van der Waals surface area contributed by atoms with Crippen LogP contribution in [0.5, 0.6) is 0 Å². The summed E-state index contributed by atoms with van der Waals surface area (Å²) in [6, 6.07) is 0. The normalized spacial score (nSPS) is 20.9. The van der Waals surface area contributed by atoms with E-state index < -0.39 is 0 Å². The third-order valence-electron chi connectivity index (χ3n) is 3.57. The summed E-state index contributed by atoms with van der Waals surface area (Å²) < 4.78 is 5.73. The Morgan fingerprint density at radius 1 is 1.38 bits per heavy atom. The Balaban J connectivity index is 1.68. The standard InChI is InChI=1S/C15H22O/c1-13(11-14-7-5-6-8-14)16-12-15-9-3-2-4-10-15/h3,14H,1-2,4-8,10-12H2. The molecule has 0 aromatic carbocycles. The second-order valence-electron chi connectivity index (χ2n) is 5.03. The summed E-state index contributed by atoms with van der Waals surface area (Å²) in [5.41, 5.74) is 4.60. The van der Waals surface area contributed by atoms with Crippen LogP contribution in [0.4, 0.5) is 0 Å². The maximum absolute atomic E-state index is 5.73. The van der Waals surface area contributed by atoms with E-state index in [0.29, 0.717) is 6.61 Å². The average Bonchev–Trinajstić information content (AvgIpc) is 2.81. The number of hydrogen-bond donors (Lipinski definition) is 0. The van der Waals surface area contributed by atoms with Gasteiger partial charge in [-0.15, -0.1) is 5.73 Å². The van der Waals surface area contributed by atoms with E-state index in [1.54, 1.807) is 0 Å². The molecule has 0 spiro atoms. The number of ether oxygens (including phenoxy) is 1. The Hall–Kier alpha value is -0.940.